The number of ether oxygens (including phenoxy) is 2. The number of rotatable bonds is 8. The highest BCUT2D eigenvalue weighted by Crippen LogP contribution is 2.37. The molecule has 0 saturated carbocycles. The zero-order chi connectivity index (χ0) is 21.0. The lowest BCUT2D eigenvalue weighted by Crippen LogP contribution is -2.30. The van der Waals surface area contributed by atoms with E-state index < -0.39 is 6.04 Å². The van der Waals surface area contributed by atoms with Crippen LogP contribution in [0.1, 0.15) is 52.6 Å². The smallest absolute Gasteiger partial charge is 0.338 e. The number of thioether (sulfide) groups is 1. The molecule has 1 aliphatic rings. The summed E-state index contributed by atoms with van der Waals surface area (Å²) in [5, 5.41) is 8.55. The third-order valence-corrected chi connectivity index (χ3v) is 5.04. The number of carbonyl (C=O) groups is 1. The molecule has 1 aromatic heterocycles. The van der Waals surface area contributed by atoms with E-state index in [4.69, 9.17) is 9.47 Å². The summed E-state index contributed by atoms with van der Waals surface area (Å²) in [5.41, 5.74) is 2.14. The molecule has 1 unspecified atom stereocenters. The lowest BCUT2D eigenvalue weighted by Gasteiger charge is -2.28. The van der Waals surface area contributed by atoms with Gasteiger partial charge in [-0.25, -0.2) is 9.48 Å². The molecule has 0 radical (unpaired) electrons. The fourth-order valence-corrected chi connectivity index (χ4v) is 3.72. The number of hydrogen-bond acceptors (Lipinski definition) is 7. The SMILES string of the molecule is CCCOc1cccc(C2C(C(=O)OC(C)C)=C(C)Nc3nc(SCC)nn32)c1. The molecule has 1 aliphatic heterocycles. The minimum atomic E-state index is -0.443. The molecule has 1 atom stereocenters. The molecule has 0 spiro atoms. The number of fused-ring (bicyclic) bond motifs is 1. The van der Waals surface area contributed by atoms with Crippen LogP contribution < -0.4 is 10.1 Å². The summed E-state index contributed by atoms with van der Waals surface area (Å²) >= 11 is 1.56. The summed E-state index contributed by atoms with van der Waals surface area (Å²) in [6, 6.07) is 7.34. The van der Waals surface area contributed by atoms with Gasteiger partial charge in [0.15, 0.2) is 0 Å². The standard InChI is InChI=1S/C21H28N4O3S/c1-6-11-27-16-10-8-9-15(12-16)18-17(19(26)28-13(3)4)14(5)22-20-23-21(29-7-2)24-25(18)20/h8-10,12-13,18H,6-7,11H2,1-5H3,(H,22,23,24). The van der Waals surface area contributed by atoms with Crippen LogP contribution in [0.5, 0.6) is 5.75 Å². The number of esters is 1. The van der Waals surface area contributed by atoms with Crippen LogP contribution in [0, 0.1) is 0 Å². The quantitative estimate of drug-likeness (QED) is 0.504. The van der Waals surface area contributed by atoms with Gasteiger partial charge in [-0.1, -0.05) is 37.7 Å². The molecular weight excluding hydrogens is 388 g/mol. The number of nitrogens with zero attached hydrogens (tertiary/aromatic N) is 3. The first-order valence-electron chi connectivity index (χ1n) is 9.95. The molecule has 0 bridgehead atoms. The van der Waals surface area contributed by atoms with Crippen molar-refractivity contribution in [1.82, 2.24) is 14.8 Å². The van der Waals surface area contributed by atoms with Crippen molar-refractivity contribution in [2.24, 2.45) is 0 Å². The van der Waals surface area contributed by atoms with Crippen molar-refractivity contribution in [2.75, 3.05) is 17.7 Å². The Morgan fingerprint density at radius 3 is 2.83 bits per heavy atom. The average molecular weight is 417 g/mol. The van der Waals surface area contributed by atoms with Gasteiger partial charge in [-0.3, -0.25) is 0 Å². The van der Waals surface area contributed by atoms with Gasteiger partial charge in [-0.2, -0.15) is 4.98 Å². The van der Waals surface area contributed by atoms with Crippen LogP contribution in [-0.4, -0.2) is 39.2 Å². The number of allylic oxidation sites excluding steroid dienone is 1. The van der Waals surface area contributed by atoms with Crippen LogP contribution in [0.15, 0.2) is 40.7 Å². The topological polar surface area (TPSA) is 78.3 Å². The molecule has 1 N–H and O–H groups in total. The van der Waals surface area contributed by atoms with Crippen LogP contribution >= 0.6 is 11.8 Å². The maximum absolute atomic E-state index is 13.0. The van der Waals surface area contributed by atoms with Gasteiger partial charge < -0.3 is 14.8 Å². The van der Waals surface area contributed by atoms with Crippen molar-refractivity contribution in [1.29, 1.82) is 0 Å². The number of benzene rings is 1. The average Bonchev–Trinajstić information content (AvgIpc) is 3.07. The predicted molar refractivity (Wildman–Crippen MR) is 114 cm³/mol. The lowest BCUT2D eigenvalue weighted by molar-refractivity contribution is -0.143. The zero-order valence-electron chi connectivity index (χ0n) is 17.6. The largest absolute Gasteiger partial charge is 0.494 e. The van der Waals surface area contributed by atoms with Crippen molar-refractivity contribution in [3.63, 3.8) is 0 Å². The first-order chi connectivity index (χ1) is 13.9. The Balaban J connectivity index is 2.08. The van der Waals surface area contributed by atoms with Crippen molar-refractivity contribution in [3.05, 3.63) is 41.1 Å². The van der Waals surface area contributed by atoms with E-state index in [1.54, 1.807) is 16.4 Å². The zero-order valence-corrected chi connectivity index (χ0v) is 18.4. The molecule has 0 amide bonds. The second-order valence-electron chi connectivity index (χ2n) is 7.04. The Labute approximate surface area is 175 Å². The Morgan fingerprint density at radius 1 is 1.34 bits per heavy atom. The Kier molecular flexibility index (Phi) is 6.84. The van der Waals surface area contributed by atoms with E-state index in [-0.39, 0.29) is 12.1 Å². The van der Waals surface area contributed by atoms with Crippen LogP contribution in [-0.2, 0) is 9.53 Å². The lowest BCUT2D eigenvalue weighted by atomic mass is 9.95. The second kappa shape index (κ2) is 9.35. The number of anilines is 1. The fraction of sp³-hybridized carbons (Fsp3) is 0.476. The minimum absolute atomic E-state index is 0.217. The van der Waals surface area contributed by atoms with Gasteiger partial charge in [-0.05, 0) is 50.6 Å². The molecule has 29 heavy (non-hydrogen) atoms. The third kappa shape index (κ3) is 4.75. The van der Waals surface area contributed by atoms with Gasteiger partial charge in [-0.15, -0.1) is 5.10 Å². The van der Waals surface area contributed by atoms with E-state index in [9.17, 15) is 4.79 Å². The number of carbonyl (C=O) groups excluding carboxylic acids is 1. The maximum Gasteiger partial charge on any atom is 0.338 e. The normalized spacial score (nSPS) is 15.9. The van der Waals surface area contributed by atoms with Gasteiger partial charge in [0, 0.05) is 5.70 Å². The van der Waals surface area contributed by atoms with Crippen molar-refractivity contribution < 1.29 is 14.3 Å². The van der Waals surface area contributed by atoms with Gasteiger partial charge in [0.2, 0.25) is 11.1 Å². The highest BCUT2D eigenvalue weighted by atomic mass is 32.2. The minimum Gasteiger partial charge on any atom is -0.494 e. The molecule has 2 aromatic rings. The van der Waals surface area contributed by atoms with Crippen molar-refractivity contribution in [2.45, 2.75) is 58.3 Å². The number of nitrogens with one attached hydrogen (secondary N) is 1. The fourth-order valence-electron chi connectivity index (χ4n) is 3.17. The van der Waals surface area contributed by atoms with Crippen molar-refractivity contribution in [3.8, 4) is 5.75 Å². The van der Waals surface area contributed by atoms with E-state index in [1.165, 1.54) is 0 Å². The Hall–Kier alpha value is -2.48. The first kappa shape index (κ1) is 21.2. The molecule has 8 heteroatoms. The number of aromatic nitrogens is 3. The third-order valence-electron chi connectivity index (χ3n) is 4.32. The van der Waals surface area contributed by atoms with Crippen LogP contribution in [0.4, 0.5) is 5.95 Å². The number of hydrogen-bond donors (Lipinski definition) is 1. The van der Waals surface area contributed by atoms with Gasteiger partial charge in [0.05, 0.1) is 18.3 Å². The molecule has 0 aliphatic carbocycles. The molecule has 2 heterocycles. The Morgan fingerprint density at radius 2 is 2.14 bits per heavy atom. The summed E-state index contributed by atoms with van der Waals surface area (Å²) in [6.45, 7) is 10.3. The molecule has 156 valence electrons. The maximum atomic E-state index is 13.0. The van der Waals surface area contributed by atoms with Crippen LogP contribution in [0.2, 0.25) is 0 Å². The van der Waals surface area contributed by atoms with Gasteiger partial charge >= 0.3 is 5.97 Å². The molecule has 0 saturated heterocycles. The monoisotopic (exact) mass is 416 g/mol. The second-order valence-corrected chi connectivity index (χ2v) is 8.27. The predicted octanol–water partition coefficient (Wildman–Crippen LogP) is 4.42. The van der Waals surface area contributed by atoms with E-state index >= 15 is 0 Å². The first-order valence-corrected chi connectivity index (χ1v) is 10.9. The van der Waals surface area contributed by atoms with E-state index in [2.05, 4.69) is 29.2 Å². The van der Waals surface area contributed by atoms with E-state index in [1.807, 2.05) is 45.0 Å². The summed E-state index contributed by atoms with van der Waals surface area (Å²) < 4.78 is 13.1. The van der Waals surface area contributed by atoms with Crippen LogP contribution in [0.25, 0.3) is 0 Å². The summed E-state index contributed by atoms with van der Waals surface area (Å²) in [5.74, 6) is 1.88. The van der Waals surface area contributed by atoms with Gasteiger partial charge in [0.25, 0.3) is 0 Å². The summed E-state index contributed by atoms with van der Waals surface area (Å²) in [6.07, 6.45) is 0.707. The summed E-state index contributed by atoms with van der Waals surface area (Å²) in [4.78, 5) is 17.6. The van der Waals surface area contributed by atoms with Crippen molar-refractivity contribution >= 4 is 23.7 Å². The van der Waals surface area contributed by atoms with E-state index in [0.29, 0.717) is 29.0 Å². The van der Waals surface area contributed by atoms with Gasteiger partial charge in [0.1, 0.15) is 11.8 Å². The highest BCUT2D eigenvalue weighted by molar-refractivity contribution is 7.99. The van der Waals surface area contributed by atoms with E-state index in [0.717, 1.165) is 23.5 Å². The molecule has 3 rings (SSSR count). The molecular formula is C21H28N4O3S. The summed E-state index contributed by atoms with van der Waals surface area (Å²) in [7, 11) is 0. The van der Waals surface area contributed by atoms with Crippen LogP contribution in [0.3, 0.4) is 0 Å². The molecule has 1 aromatic carbocycles. The molecule has 7 nitrogen and oxygen atoms in total. The highest BCUT2D eigenvalue weighted by Gasteiger charge is 2.35. The Bertz CT molecular complexity index is 907. The molecule has 0 fully saturated rings.